The van der Waals surface area contributed by atoms with Crippen molar-refractivity contribution in [2.75, 3.05) is 12.8 Å². The van der Waals surface area contributed by atoms with Crippen molar-refractivity contribution in [2.24, 2.45) is 0 Å². The maximum atomic E-state index is 8.41. The first-order valence-corrected chi connectivity index (χ1v) is 4.06. The Labute approximate surface area is 77.7 Å². The van der Waals surface area contributed by atoms with Crippen molar-refractivity contribution in [1.82, 2.24) is 0 Å². The van der Waals surface area contributed by atoms with E-state index < -0.39 is 0 Å². The van der Waals surface area contributed by atoms with Crippen LogP contribution in [0.15, 0.2) is 18.2 Å². The molecule has 0 unspecified atom stereocenters. The van der Waals surface area contributed by atoms with Crippen molar-refractivity contribution in [2.45, 2.75) is 12.8 Å². The summed E-state index contributed by atoms with van der Waals surface area (Å²) in [6.45, 7) is 0. The van der Waals surface area contributed by atoms with Gasteiger partial charge in [-0.15, -0.1) is 0 Å². The first kappa shape index (κ1) is 9.40. The number of methoxy groups -OCH3 is 1. The molecule has 0 atom stereocenters. The second kappa shape index (κ2) is 4.36. The second-order valence-electron chi connectivity index (χ2n) is 2.77. The molecule has 13 heavy (non-hydrogen) atoms. The zero-order valence-electron chi connectivity index (χ0n) is 7.58. The van der Waals surface area contributed by atoms with E-state index in [9.17, 15) is 0 Å². The number of nitrogens with two attached hydrogens (primary N) is 1. The molecule has 1 aromatic rings. The van der Waals surface area contributed by atoms with Gasteiger partial charge in [0.2, 0.25) is 0 Å². The summed E-state index contributed by atoms with van der Waals surface area (Å²) in [5.74, 6) is 0.743. The van der Waals surface area contributed by atoms with E-state index in [2.05, 4.69) is 6.07 Å². The Balaban J connectivity index is 2.83. The first-order chi connectivity index (χ1) is 6.26. The quantitative estimate of drug-likeness (QED) is 0.713. The van der Waals surface area contributed by atoms with Crippen molar-refractivity contribution in [3.63, 3.8) is 0 Å². The maximum Gasteiger partial charge on any atom is 0.121 e. The lowest BCUT2D eigenvalue weighted by Crippen LogP contribution is -1.92. The van der Waals surface area contributed by atoms with Crippen molar-refractivity contribution in [1.29, 1.82) is 5.26 Å². The van der Waals surface area contributed by atoms with Crippen molar-refractivity contribution in [3.05, 3.63) is 23.8 Å². The highest BCUT2D eigenvalue weighted by molar-refractivity contribution is 5.47. The minimum Gasteiger partial charge on any atom is -0.497 e. The van der Waals surface area contributed by atoms with Crippen LogP contribution in [0.25, 0.3) is 0 Å². The molecule has 3 heteroatoms. The third kappa shape index (κ3) is 2.68. The number of hydrogen-bond acceptors (Lipinski definition) is 3. The normalized spacial score (nSPS) is 9.23. The largest absolute Gasteiger partial charge is 0.497 e. The Morgan fingerprint density at radius 3 is 2.85 bits per heavy atom. The molecule has 1 aromatic carbocycles. The van der Waals surface area contributed by atoms with E-state index in [4.69, 9.17) is 15.7 Å². The summed E-state index contributed by atoms with van der Waals surface area (Å²) in [6, 6.07) is 7.61. The highest BCUT2D eigenvalue weighted by Crippen LogP contribution is 2.19. The Morgan fingerprint density at radius 2 is 2.23 bits per heavy atom. The molecule has 0 amide bonds. The van der Waals surface area contributed by atoms with Crippen LogP contribution in [0.4, 0.5) is 5.69 Å². The Morgan fingerprint density at radius 1 is 1.46 bits per heavy atom. The summed E-state index contributed by atoms with van der Waals surface area (Å²) in [5.41, 5.74) is 7.36. The van der Waals surface area contributed by atoms with E-state index >= 15 is 0 Å². The highest BCUT2D eigenvalue weighted by Gasteiger charge is 1.98. The Hall–Kier alpha value is -1.69. The van der Waals surface area contributed by atoms with Gasteiger partial charge in [-0.25, -0.2) is 0 Å². The monoisotopic (exact) mass is 176 g/mol. The molecule has 0 saturated carbocycles. The fourth-order valence-corrected chi connectivity index (χ4v) is 1.15. The van der Waals surface area contributed by atoms with Crippen LogP contribution in [-0.2, 0) is 6.42 Å². The summed E-state index contributed by atoms with van der Waals surface area (Å²) in [5, 5.41) is 8.41. The van der Waals surface area contributed by atoms with Crippen LogP contribution in [0.5, 0.6) is 5.75 Å². The molecule has 0 saturated heterocycles. The highest BCUT2D eigenvalue weighted by atomic mass is 16.5. The number of ether oxygens (including phenoxy) is 1. The van der Waals surface area contributed by atoms with E-state index in [-0.39, 0.29) is 0 Å². The summed E-state index contributed by atoms with van der Waals surface area (Å²) in [7, 11) is 1.60. The van der Waals surface area contributed by atoms with Crippen LogP contribution in [0, 0.1) is 11.3 Å². The summed E-state index contributed by atoms with van der Waals surface area (Å²) in [6.07, 6.45) is 1.23. The topological polar surface area (TPSA) is 59.0 Å². The third-order valence-electron chi connectivity index (χ3n) is 1.75. The van der Waals surface area contributed by atoms with Crippen LogP contribution in [0.1, 0.15) is 12.0 Å². The van der Waals surface area contributed by atoms with Gasteiger partial charge in [-0.2, -0.15) is 5.26 Å². The van der Waals surface area contributed by atoms with Crippen molar-refractivity contribution in [3.8, 4) is 11.8 Å². The number of hydrogen-bond donors (Lipinski definition) is 1. The van der Waals surface area contributed by atoms with Crippen LogP contribution in [0.3, 0.4) is 0 Å². The van der Waals surface area contributed by atoms with Gasteiger partial charge in [-0.05, 0) is 24.1 Å². The minimum atomic E-state index is 0.507. The molecule has 0 aliphatic heterocycles. The molecule has 2 N–H and O–H groups in total. The van der Waals surface area contributed by atoms with Gasteiger partial charge in [0.15, 0.2) is 0 Å². The third-order valence-corrected chi connectivity index (χ3v) is 1.75. The number of nitrogen functional groups attached to an aromatic ring is 1. The van der Waals surface area contributed by atoms with E-state index in [0.717, 1.165) is 17.7 Å². The molecule has 0 spiro atoms. The number of benzene rings is 1. The van der Waals surface area contributed by atoms with Crippen LogP contribution >= 0.6 is 0 Å². The molecule has 0 aliphatic carbocycles. The molecule has 0 bridgehead atoms. The van der Waals surface area contributed by atoms with E-state index in [1.807, 2.05) is 12.1 Å². The van der Waals surface area contributed by atoms with Gasteiger partial charge in [0.25, 0.3) is 0 Å². The zero-order valence-corrected chi connectivity index (χ0v) is 7.58. The average Bonchev–Trinajstić information content (AvgIpc) is 2.14. The van der Waals surface area contributed by atoms with Gasteiger partial charge >= 0.3 is 0 Å². The predicted molar refractivity (Wildman–Crippen MR) is 51.3 cm³/mol. The van der Waals surface area contributed by atoms with Gasteiger partial charge in [0.1, 0.15) is 5.75 Å². The number of rotatable bonds is 3. The van der Waals surface area contributed by atoms with Gasteiger partial charge in [-0.3, -0.25) is 0 Å². The number of aryl methyl sites for hydroxylation is 1. The lowest BCUT2D eigenvalue weighted by atomic mass is 10.1. The van der Waals surface area contributed by atoms with Gasteiger partial charge in [-0.1, -0.05) is 0 Å². The SMILES string of the molecule is COc1cc(N)cc(CCC#N)c1. The maximum absolute atomic E-state index is 8.41. The van der Waals surface area contributed by atoms with Crippen LogP contribution in [-0.4, -0.2) is 7.11 Å². The fourth-order valence-electron chi connectivity index (χ4n) is 1.15. The number of anilines is 1. The van der Waals surface area contributed by atoms with Crippen LogP contribution in [0.2, 0.25) is 0 Å². The molecule has 0 fully saturated rings. The molecule has 0 heterocycles. The average molecular weight is 176 g/mol. The minimum absolute atomic E-state index is 0.507. The van der Waals surface area contributed by atoms with Crippen molar-refractivity contribution >= 4 is 5.69 Å². The Kier molecular flexibility index (Phi) is 3.15. The van der Waals surface area contributed by atoms with Gasteiger partial charge in [0.05, 0.1) is 13.2 Å². The molecule has 0 aromatic heterocycles. The Bertz CT molecular complexity index is 328. The predicted octanol–water partition coefficient (Wildman–Crippen LogP) is 1.73. The van der Waals surface area contributed by atoms with Gasteiger partial charge < -0.3 is 10.5 Å². The zero-order chi connectivity index (χ0) is 9.68. The number of nitriles is 1. The summed E-state index contributed by atoms with van der Waals surface area (Å²) >= 11 is 0. The smallest absolute Gasteiger partial charge is 0.121 e. The lowest BCUT2D eigenvalue weighted by molar-refractivity contribution is 0.414. The summed E-state index contributed by atoms with van der Waals surface area (Å²) in [4.78, 5) is 0. The molecular formula is C10H12N2O. The molecule has 0 radical (unpaired) electrons. The standard InChI is InChI=1S/C10H12N2O/c1-13-10-6-8(3-2-4-11)5-9(12)7-10/h5-7H,2-3,12H2,1H3. The molecular weight excluding hydrogens is 164 g/mol. The molecule has 1 rings (SSSR count). The van der Waals surface area contributed by atoms with Gasteiger partial charge in [0, 0.05) is 18.2 Å². The lowest BCUT2D eigenvalue weighted by Gasteiger charge is -2.04. The first-order valence-electron chi connectivity index (χ1n) is 4.06. The molecule has 0 aliphatic rings. The summed E-state index contributed by atoms with van der Waals surface area (Å²) < 4.78 is 5.05. The molecule has 68 valence electrons. The fraction of sp³-hybridized carbons (Fsp3) is 0.300. The van der Waals surface area contributed by atoms with E-state index in [1.165, 1.54) is 0 Å². The van der Waals surface area contributed by atoms with E-state index in [0.29, 0.717) is 12.1 Å². The second-order valence-corrected chi connectivity index (χ2v) is 2.77. The molecule has 3 nitrogen and oxygen atoms in total. The van der Waals surface area contributed by atoms with E-state index in [1.54, 1.807) is 13.2 Å². The van der Waals surface area contributed by atoms with Crippen molar-refractivity contribution < 1.29 is 4.74 Å². The number of nitrogens with zero attached hydrogens (tertiary/aromatic N) is 1. The van der Waals surface area contributed by atoms with Crippen LogP contribution < -0.4 is 10.5 Å².